The van der Waals surface area contributed by atoms with Gasteiger partial charge in [0.2, 0.25) is 5.91 Å². The summed E-state index contributed by atoms with van der Waals surface area (Å²) in [5, 5.41) is 3.33. The van der Waals surface area contributed by atoms with Gasteiger partial charge in [0.05, 0.1) is 0 Å². The molecule has 9 heteroatoms. The number of benzene rings is 1. The second-order valence-corrected chi connectivity index (χ2v) is 8.04. The third kappa shape index (κ3) is 4.62. The molecule has 1 saturated carbocycles. The predicted octanol–water partition coefficient (Wildman–Crippen LogP) is 2.28. The zero-order valence-corrected chi connectivity index (χ0v) is 16.2. The number of nitrogens with one attached hydrogen (secondary N) is 1. The standard InChI is InChI=1S/C18H20ClN3O4S/c19-12-5-7-14(8-6-12)27-10-9-20-15(23)11-21-16(24)17(25)22(18(21)26)13-3-1-2-4-13/h5-8,13H,1-4,9-11H2,(H,20,23). The van der Waals surface area contributed by atoms with Gasteiger partial charge in [-0.3, -0.25) is 19.3 Å². The summed E-state index contributed by atoms with van der Waals surface area (Å²) >= 11 is 7.38. The number of hydrogen-bond acceptors (Lipinski definition) is 5. The fourth-order valence-corrected chi connectivity index (χ4v) is 4.13. The van der Waals surface area contributed by atoms with E-state index in [1.54, 1.807) is 23.9 Å². The Labute approximate surface area is 166 Å². The van der Waals surface area contributed by atoms with Crippen LogP contribution >= 0.6 is 23.4 Å². The molecular formula is C18H20ClN3O4S. The topological polar surface area (TPSA) is 86.8 Å². The lowest BCUT2D eigenvalue weighted by molar-refractivity contribution is -0.144. The lowest BCUT2D eigenvalue weighted by Gasteiger charge is -2.20. The van der Waals surface area contributed by atoms with Gasteiger partial charge >= 0.3 is 17.8 Å². The molecular weight excluding hydrogens is 390 g/mol. The smallest absolute Gasteiger partial charge is 0.334 e. The first-order valence-electron chi connectivity index (χ1n) is 8.81. The summed E-state index contributed by atoms with van der Waals surface area (Å²) < 4.78 is 0. The molecule has 0 bridgehead atoms. The molecule has 1 saturated heterocycles. The molecule has 0 unspecified atom stereocenters. The van der Waals surface area contributed by atoms with Gasteiger partial charge in [-0.25, -0.2) is 9.69 Å². The van der Waals surface area contributed by atoms with E-state index in [2.05, 4.69) is 5.32 Å². The highest BCUT2D eigenvalue weighted by atomic mass is 35.5. The van der Waals surface area contributed by atoms with Crippen molar-refractivity contribution < 1.29 is 19.2 Å². The molecule has 144 valence electrons. The van der Waals surface area contributed by atoms with Crippen LogP contribution in [0, 0.1) is 0 Å². The van der Waals surface area contributed by atoms with Crippen LogP contribution in [0.1, 0.15) is 25.7 Å². The molecule has 1 N–H and O–H groups in total. The molecule has 0 aromatic heterocycles. The molecule has 0 radical (unpaired) electrons. The predicted molar refractivity (Wildman–Crippen MR) is 101 cm³/mol. The summed E-state index contributed by atoms with van der Waals surface area (Å²) in [6.45, 7) is -0.0547. The number of thioether (sulfide) groups is 1. The minimum Gasteiger partial charge on any atom is -0.354 e. The van der Waals surface area contributed by atoms with Crippen LogP contribution < -0.4 is 5.32 Å². The fraction of sp³-hybridized carbons (Fsp3) is 0.444. The van der Waals surface area contributed by atoms with Gasteiger partial charge in [0.1, 0.15) is 6.54 Å². The van der Waals surface area contributed by atoms with Crippen molar-refractivity contribution in [3.8, 4) is 0 Å². The fourth-order valence-electron chi connectivity index (χ4n) is 3.24. The van der Waals surface area contributed by atoms with Crippen LogP contribution in [-0.2, 0) is 14.4 Å². The van der Waals surface area contributed by atoms with Crippen molar-refractivity contribution in [3.63, 3.8) is 0 Å². The van der Waals surface area contributed by atoms with Gasteiger partial charge in [0, 0.05) is 28.3 Å². The van der Waals surface area contributed by atoms with Gasteiger partial charge in [-0.05, 0) is 37.1 Å². The van der Waals surface area contributed by atoms with Crippen LogP contribution in [-0.4, -0.2) is 58.4 Å². The zero-order valence-electron chi connectivity index (χ0n) is 14.7. The Balaban J connectivity index is 1.45. The second-order valence-electron chi connectivity index (χ2n) is 6.44. The van der Waals surface area contributed by atoms with Crippen LogP contribution in [0.25, 0.3) is 0 Å². The van der Waals surface area contributed by atoms with E-state index < -0.39 is 30.3 Å². The van der Waals surface area contributed by atoms with Gasteiger partial charge in [0.25, 0.3) is 0 Å². The van der Waals surface area contributed by atoms with E-state index in [0.717, 1.165) is 27.5 Å². The van der Waals surface area contributed by atoms with Crippen molar-refractivity contribution in [1.29, 1.82) is 0 Å². The molecule has 0 spiro atoms. The van der Waals surface area contributed by atoms with Gasteiger partial charge in [-0.2, -0.15) is 0 Å². The molecule has 1 heterocycles. The molecule has 3 rings (SSSR count). The van der Waals surface area contributed by atoms with E-state index in [-0.39, 0.29) is 6.04 Å². The Morgan fingerprint density at radius 2 is 1.78 bits per heavy atom. The Morgan fingerprint density at radius 1 is 1.11 bits per heavy atom. The molecule has 7 nitrogen and oxygen atoms in total. The number of imide groups is 2. The lowest BCUT2D eigenvalue weighted by atomic mass is 10.2. The lowest BCUT2D eigenvalue weighted by Crippen LogP contribution is -2.43. The van der Waals surface area contributed by atoms with E-state index >= 15 is 0 Å². The summed E-state index contributed by atoms with van der Waals surface area (Å²) in [5.74, 6) is -1.58. The highest BCUT2D eigenvalue weighted by Crippen LogP contribution is 2.27. The van der Waals surface area contributed by atoms with E-state index in [0.29, 0.717) is 30.2 Å². The maximum absolute atomic E-state index is 12.4. The molecule has 1 aromatic carbocycles. The molecule has 2 fully saturated rings. The highest BCUT2D eigenvalue weighted by molar-refractivity contribution is 7.99. The average Bonchev–Trinajstić information content (AvgIpc) is 3.24. The number of carbonyl (C=O) groups is 4. The number of carbonyl (C=O) groups excluding carboxylic acids is 4. The van der Waals surface area contributed by atoms with Crippen LogP contribution in [0.15, 0.2) is 29.2 Å². The highest BCUT2D eigenvalue weighted by Gasteiger charge is 2.48. The van der Waals surface area contributed by atoms with Crippen LogP contribution in [0.4, 0.5) is 4.79 Å². The Morgan fingerprint density at radius 3 is 2.44 bits per heavy atom. The normalized spacial score (nSPS) is 17.9. The first-order chi connectivity index (χ1) is 13.0. The van der Waals surface area contributed by atoms with Crippen molar-refractivity contribution in [2.75, 3.05) is 18.8 Å². The third-order valence-electron chi connectivity index (χ3n) is 4.58. The summed E-state index contributed by atoms with van der Waals surface area (Å²) in [6.07, 6.45) is 3.29. The first-order valence-corrected chi connectivity index (χ1v) is 10.2. The molecule has 1 aromatic rings. The quantitative estimate of drug-likeness (QED) is 0.323. The molecule has 5 amide bonds. The van der Waals surface area contributed by atoms with Crippen LogP contribution in [0.3, 0.4) is 0 Å². The van der Waals surface area contributed by atoms with E-state index in [1.807, 2.05) is 12.1 Å². The first kappa shape index (κ1) is 19.7. The summed E-state index contributed by atoms with van der Waals surface area (Å²) in [4.78, 5) is 51.4. The maximum Gasteiger partial charge on any atom is 0.334 e. The largest absolute Gasteiger partial charge is 0.354 e. The van der Waals surface area contributed by atoms with Crippen molar-refractivity contribution in [3.05, 3.63) is 29.3 Å². The molecule has 27 heavy (non-hydrogen) atoms. The summed E-state index contributed by atoms with van der Waals surface area (Å²) in [7, 11) is 0. The maximum atomic E-state index is 12.4. The Kier molecular flexibility index (Phi) is 6.38. The minimum absolute atomic E-state index is 0.224. The van der Waals surface area contributed by atoms with Gasteiger partial charge < -0.3 is 5.32 Å². The molecule has 1 aliphatic heterocycles. The van der Waals surface area contributed by atoms with Crippen molar-refractivity contribution >= 4 is 47.1 Å². The third-order valence-corrected chi connectivity index (χ3v) is 5.85. The van der Waals surface area contributed by atoms with Gasteiger partial charge in [-0.1, -0.05) is 24.4 Å². The molecule has 1 aliphatic carbocycles. The van der Waals surface area contributed by atoms with Crippen LogP contribution in [0.2, 0.25) is 5.02 Å². The zero-order chi connectivity index (χ0) is 19.4. The van der Waals surface area contributed by atoms with Gasteiger partial charge in [-0.15, -0.1) is 11.8 Å². The average molecular weight is 410 g/mol. The number of nitrogens with zero attached hydrogens (tertiary/aromatic N) is 2. The summed E-state index contributed by atoms with van der Waals surface area (Å²) in [5.41, 5.74) is 0. The van der Waals surface area contributed by atoms with E-state index in [4.69, 9.17) is 11.6 Å². The van der Waals surface area contributed by atoms with E-state index in [1.165, 1.54) is 0 Å². The molecule has 2 aliphatic rings. The van der Waals surface area contributed by atoms with Gasteiger partial charge in [0.15, 0.2) is 0 Å². The van der Waals surface area contributed by atoms with Crippen molar-refractivity contribution in [2.45, 2.75) is 36.6 Å². The Hall–Kier alpha value is -2.06. The number of halogens is 1. The van der Waals surface area contributed by atoms with Crippen molar-refractivity contribution in [2.24, 2.45) is 0 Å². The Bertz CT molecular complexity index is 749. The van der Waals surface area contributed by atoms with Crippen molar-refractivity contribution in [1.82, 2.24) is 15.1 Å². The summed E-state index contributed by atoms with van der Waals surface area (Å²) in [6, 6.07) is 6.46. The number of hydrogen-bond donors (Lipinski definition) is 1. The monoisotopic (exact) mass is 409 g/mol. The number of amides is 5. The SMILES string of the molecule is O=C(CN1C(=O)C(=O)N(C2CCCC2)C1=O)NCCSc1ccc(Cl)cc1. The number of urea groups is 1. The van der Waals surface area contributed by atoms with E-state index in [9.17, 15) is 19.2 Å². The minimum atomic E-state index is -0.919. The second kappa shape index (κ2) is 8.75. The number of rotatable bonds is 7. The molecule has 0 atom stereocenters. The van der Waals surface area contributed by atoms with Crippen LogP contribution in [0.5, 0.6) is 0 Å².